The lowest BCUT2D eigenvalue weighted by Crippen LogP contribution is -1.98. The van der Waals surface area contributed by atoms with E-state index in [9.17, 15) is 5.26 Å². The Morgan fingerprint density at radius 2 is 1.14 bits per heavy atom. The van der Waals surface area contributed by atoms with Gasteiger partial charge < -0.3 is 9.13 Å². The molecule has 0 aliphatic carbocycles. The van der Waals surface area contributed by atoms with E-state index < -0.39 is 0 Å². The lowest BCUT2D eigenvalue weighted by atomic mass is 9.93. The maximum Gasteiger partial charge on any atom is 0.211 e. The smallest absolute Gasteiger partial charge is 0.211 e. The highest BCUT2D eigenvalue weighted by Crippen LogP contribution is 2.43. The summed E-state index contributed by atoms with van der Waals surface area (Å²) in [6, 6.07) is 53.4. The molecule has 2 aromatic heterocycles. The van der Waals surface area contributed by atoms with Crippen molar-refractivity contribution in [2.24, 2.45) is 0 Å². The first-order valence-corrected chi connectivity index (χ1v) is 16.2. The highest BCUT2D eigenvalue weighted by molar-refractivity contribution is 6.14. The van der Waals surface area contributed by atoms with Crippen LogP contribution in [0.15, 0.2) is 152 Å². The average molecular weight is 636 g/mol. The Morgan fingerprint density at radius 3 is 1.86 bits per heavy atom. The van der Waals surface area contributed by atoms with Gasteiger partial charge in [-0.1, -0.05) is 97.1 Å². The summed E-state index contributed by atoms with van der Waals surface area (Å²) in [5.74, 6) is 0. The molecular weight excluding hydrogens is 611 g/mol. The standard InChI is InChI=1S/C45H25N5/c1-47-31-25-30(26-32(27-31)49-44-23-22-29(28-46)24-39(44)38-17-11-18-40(48-2)45(38)49)33-12-3-4-13-34(33)35-14-5-8-19-41(35)50-42-20-9-6-15-36(42)37-16-7-10-21-43(37)50/h3-27H. The summed E-state index contributed by atoms with van der Waals surface area (Å²) in [7, 11) is 0. The summed E-state index contributed by atoms with van der Waals surface area (Å²) in [5.41, 5.74) is 11.3. The van der Waals surface area contributed by atoms with Crippen molar-refractivity contribution in [1.29, 1.82) is 5.26 Å². The zero-order valence-corrected chi connectivity index (χ0v) is 26.7. The molecule has 0 fully saturated rings. The first-order valence-electron chi connectivity index (χ1n) is 16.2. The second-order valence-corrected chi connectivity index (χ2v) is 12.2. The van der Waals surface area contributed by atoms with Crippen LogP contribution in [0.4, 0.5) is 11.4 Å². The molecule has 0 aliphatic rings. The summed E-state index contributed by atoms with van der Waals surface area (Å²) >= 11 is 0. The normalized spacial score (nSPS) is 11.1. The van der Waals surface area contributed by atoms with Crippen LogP contribution in [0.1, 0.15) is 5.56 Å². The van der Waals surface area contributed by atoms with Gasteiger partial charge in [0.1, 0.15) is 0 Å². The van der Waals surface area contributed by atoms with E-state index in [1.807, 2.05) is 48.5 Å². The number of nitriles is 1. The molecule has 2 heterocycles. The molecule has 50 heavy (non-hydrogen) atoms. The maximum absolute atomic E-state index is 9.69. The molecule has 0 spiro atoms. The molecule has 0 aliphatic heterocycles. The molecule has 0 saturated carbocycles. The number of hydrogen-bond acceptors (Lipinski definition) is 1. The molecule has 9 rings (SSSR count). The minimum Gasteiger partial charge on any atom is -0.320 e. The quantitative estimate of drug-likeness (QED) is 0.177. The van der Waals surface area contributed by atoms with Crippen molar-refractivity contribution in [3.05, 3.63) is 180 Å². The van der Waals surface area contributed by atoms with Crippen LogP contribution < -0.4 is 0 Å². The molecular formula is C45H25N5. The molecule has 0 saturated heterocycles. The lowest BCUT2D eigenvalue weighted by molar-refractivity contribution is 1.18. The Bertz CT molecular complexity index is 2920. The Morgan fingerprint density at radius 1 is 0.500 bits per heavy atom. The number of hydrogen-bond donors (Lipinski definition) is 0. The Hall–Kier alpha value is -7.39. The van der Waals surface area contributed by atoms with Gasteiger partial charge in [0.2, 0.25) is 5.69 Å². The van der Waals surface area contributed by atoms with E-state index in [4.69, 9.17) is 13.1 Å². The molecule has 5 heteroatoms. The number of rotatable bonds is 4. The second kappa shape index (κ2) is 11.4. The highest BCUT2D eigenvalue weighted by atomic mass is 15.0. The van der Waals surface area contributed by atoms with Crippen LogP contribution in [0.25, 0.3) is 86.9 Å². The molecule has 0 bridgehead atoms. The van der Waals surface area contributed by atoms with Gasteiger partial charge in [-0.3, -0.25) is 0 Å². The van der Waals surface area contributed by atoms with Gasteiger partial charge in [-0.05, 0) is 76.7 Å². The molecule has 0 atom stereocenters. The van der Waals surface area contributed by atoms with Crippen molar-refractivity contribution >= 4 is 55.0 Å². The van der Waals surface area contributed by atoms with E-state index >= 15 is 0 Å². The monoisotopic (exact) mass is 635 g/mol. The van der Waals surface area contributed by atoms with Crippen molar-refractivity contribution < 1.29 is 0 Å². The van der Waals surface area contributed by atoms with Crippen LogP contribution in [0.3, 0.4) is 0 Å². The predicted molar refractivity (Wildman–Crippen MR) is 203 cm³/mol. The molecule has 0 unspecified atom stereocenters. The maximum atomic E-state index is 9.69. The first kappa shape index (κ1) is 28.8. The third-order valence-electron chi connectivity index (χ3n) is 9.56. The fourth-order valence-electron chi connectivity index (χ4n) is 7.47. The molecule has 0 amide bonds. The molecule has 9 aromatic rings. The van der Waals surface area contributed by atoms with E-state index in [-0.39, 0.29) is 0 Å². The Balaban J connectivity index is 1.31. The summed E-state index contributed by atoms with van der Waals surface area (Å²) < 4.78 is 4.41. The van der Waals surface area contributed by atoms with Gasteiger partial charge in [-0.2, -0.15) is 5.26 Å². The van der Waals surface area contributed by atoms with E-state index in [0.717, 1.165) is 66.5 Å². The van der Waals surface area contributed by atoms with Crippen molar-refractivity contribution in [1.82, 2.24) is 9.13 Å². The third-order valence-corrected chi connectivity index (χ3v) is 9.56. The van der Waals surface area contributed by atoms with E-state index in [2.05, 4.69) is 122 Å². The van der Waals surface area contributed by atoms with E-state index in [1.54, 1.807) is 6.07 Å². The van der Waals surface area contributed by atoms with Crippen LogP contribution in [0.5, 0.6) is 0 Å². The zero-order chi connectivity index (χ0) is 33.8. The fourth-order valence-corrected chi connectivity index (χ4v) is 7.47. The van der Waals surface area contributed by atoms with Crippen LogP contribution in [0.2, 0.25) is 0 Å². The highest BCUT2D eigenvalue weighted by Gasteiger charge is 2.20. The van der Waals surface area contributed by atoms with Gasteiger partial charge in [-0.25, -0.2) is 9.69 Å². The molecule has 7 aromatic carbocycles. The van der Waals surface area contributed by atoms with Gasteiger partial charge in [0.15, 0.2) is 5.69 Å². The van der Waals surface area contributed by atoms with Crippen molar-refractivity contribution in [3.8, 4) is 39.7 Å². The number of fused-ring (bicyclic) bond motifs is 6. The molecule has 230 valence electrons. The van der Waals surface area contributed by atoms with Gasteiger partial charge in [0.25, 0.3) is 0 Å². The summed E-state index contributed by atoms with van der Waals surface area (Å²) in [6.07, 6.45) is 0. The number of benzene rings is 7. The van der Waals surface area contributed by atoms with Crippen molar-refractivity contribution in [3.63, 3.8) is 0 Å². The Labute approximate surface area is 288 Å². The van der Waals surface area contributed by atoms with Crippen LogP contribution >= 0.6 is 0 Å². The summed E-state index contributed by atoms with van der Waals surface area (Å²) in [6.45, 7) is 16.1. The summed E-state index contributed by atoms with van der Waals surface area (Å²) in [4.78, 5) is 7.79. The number of para-hydroxylation sites is 4. The Kier molecular flexibility index (Phi) is 6.56. The molecule has 0 N–H and O–H groups in total. The van der Waals surface area contributed by atoms with E-state index in [1.165, 1.54) is 10.8 Å². The van der Waals surface area contributed by atoms with Crippen molar-refractivity contribution in [2.75, 3.05) is 0 Å². The fraction of sp³-hybridized carbons (Fsp3) is 0. The lowest BCUT2D eigenvalue weighted by Gasteiger charge is -2.18. The summed E-state index contributed by atoms with van der Waals surface area (Å²) in [5, 5.41) is 13.9. The second-order valence-electron chi connectivity index (χ2n) is 12.2. The van der Waals surface area contributed by atoms with Crippen molar-refractivity contribution in [2.45, 2.75) is 0 Å². The SMILES string of the molecule is [C-]#[N+]c1cc(-c2ccccc2-c2ccccc2-n2c3ccccc3c3ccccc32)cc(-n2c3ccc(C#N)cc3c3cccc([N+]#[C-])c32)c1. The van der Waals surface area contributed by atoms with E-state index in [0.29, 0.717) is 16.9 Å². The third kappa shape index (κ3) is 4.31. The van der Waals surface area contributed by atoms with Gasteiger partial charge in [0.05, 0.1) is 52.5 Å². The van der Waals surface area contributed by atoms with Gasteiger partial charge in [-0.15, -0.1) is 0 Å². The largest absolute Gasteiger partial charge is 0.320 e. The topological polar surface area (TPSA) is 42.4 Å². The van der Waals surface area contributed by atoms with Crippen LogP contribution in [-0.4, -0.2) is 9.13 Å². The number of aromatic nitrogens is 2. The van der Waals surface area contributed by atoms with Crippen LogP contribution in [-0.2, 0) is 0 Å². The van der Waals surface area contributed by atoms with Gasteiger partial charge in [0, 0.05) is 27.4 Å². The predicted octanol–water partition coefficient (Wildman–Crippen LogP) is 12.2. The molecule has 5 nitrogen and oxygen atoms in total. The minimum atomic E-state index is 0.493. The van der Waals surface area contributed by atoms with Gasteiger partial charge >= 0.3 is 0 Å². The zero-order valence-electron chi connectivity index (χ0n) is 26.7. The number of nitrogens with zero attached hydrogens (tertiary/aromatic N) is 5. The average Bonchev–Trinajstić information content (AvgIpc) is 3.70. The molecule has 0 radical (unpaired) electrons. The van der Waals surface area contributed by atoms with Crippen LogP contribution in [0, 0.1) is 24.5 Å². The first-order chi connectivity index (χ1) is 24.7. The minimum absolute atomic E-state index is 0.493.